The van der Waals surface area contributed by atoms with Gasteiger partial charge in [0.2, 0.25) is 5.91 Å². The maximum Gasteiger partial charge on any atom is 0.223 e. The van der Waals surface area contributed by atoms with Gasteiger partial charge in [0.25, 0.3) is 0 Å². The second kappa shape index (κ2) is 3.40. The van der Waals surface area contributed by atoms with Gasteiger partial charge in [-0.25, -0.2) is 4.39 Å². The Balaban J connectivity index is 2.23. The summed E-state index contributed by atoms with van der Waals surface area (Å²) in [6.45, 7) is 2.56. The lowest BCUT2D eigenvalue weighted by molar-refractivity contribution is -0.122. The highest BCUT2D eigenvalue weighted by molar-refractivity contribution is 5.81. The van der Waals surface area contributed by atoms with Gasteiger partial charge in [0.1, 0.15) is 5.82 Å². The Hall–Kier alpha value is -1.38. The van der Waals surface area contributed by atoms with Crippen molar-refractivity contribution in [3.8, 4) is 0 Å². The minimum absolute atomic E-state index is 0.0135. The van der Waals surface area contributed by atoms with Gasteiger partial charge >= 0.3 is 0 Å². The molecule has 1 amide bonds. The van der Waals surface area contributed by atoms with E-state index in [0.29, 0.717) is 6.54 Å². The predicted octanol–water partition coefficient (Wildman–Crippen LogP) is 1.68. The summed E-state index contributed by atoms with van der Waals surface area (Å²) in [4.78, 5) is 11.2. The van der Waals surface area contributed by atoms with E-state index in [0.717, 1.165) is 5.56 Å². The Morgan fingerprint density at radius 1 is 1.36 bits per heavy atom. The Kier molecular flexibility index (Phi) is 2.23. The van der Waals surface area contributed by atoms with E-state index in [1.807, 2.05) is 6.92 Å². The number of hydrogen-bond acceptors (Lipinski definition) is 1. The van der Waals surface area contributed by atoms with Crippen molar-refractivity contribution in [2.75, 3.05) is 6.54 Å². The van der Waals surface area contributed by atoms with Crippen molar-refractivity contribution in [2.45, 2.75) is 12.8 Å². The van der Waals surface area contributed by atoms with Crippen LogP contribution in [0.25, 0.3) is 0 Å². The summed E-state index contributed by atoms with van der Waals surface area (Å²) in [7, 11) is 0. The van der Waals surface area contributed by atoms with Crippen LogP contribution in [-0.4, -0.2) is 12.5 Å². The topological polar surface area (TPSA) is 29.1 Å². The fourth-order valence-corrected chi connectivity index (χ4v) is 1.85. The summed E-state index contributed by atoms with van der Waals surface area (Å²) in [5, 5.41) is 2.80. The standard InChI is InChI=1S/C11H12FNO/c1-7-10(6-13-11(7)14)8-2-4-9(12)5-3-8/h2-5,7,10H,6H2,1H3,(H,13,14). The van der Waals surface area contributed by atoms with Crippen molar-refractivity contribution in [1.29, 1.82) is 0 Å². The van der Waals surface area contributed by atoms with E-state index in [9.17, 15) is 9.18 Å². The van der Waals surface area contributed by atoms with Crippen LogP contribution < -0.4 is 5.32 Å². The van der Waals surface area contributed by atoms with Gasteiger partial charge in [-0.05, 0) is 17.7 Å². The predicted molar refractivity (Wildman–Crippen MR) is 51.3 cm³/mol. The minimum Gasteiger partial charge on any atom is -0.355 e. The van der Waals surface area contributed by atoms with E-state index in [2.05, 4.69) is 5.32 Å². The smallest absolute Gasteiger partial charge is 0.223 e. The third-order valence-corrected chi connectivity index (χ3v) is 2.81. The van der Waals surface area contributed by atoms with Gasteiger partial charge in [-0.3, -0.25) is 4.79 Å². The van der Waals surface area contributed by atoms with Crippen molar-refractivity contribution < 1.29 is 9.18 Å². The summed E-state index contributed by atoms with van der Waals surface area (Å²) < 4.78 is 12.7. The molecule has 1 aliphatic rings. The maximum absolute atomic E-state index is 12.7. The number of amides is 1. The molecule has 1 N–H and O–H groups in total. The number of benzene rings is 1. The fraction of sp³-hybridized carbons (Fsp3) is 0.364. The molecule has 1 heterocycles. The van der Waals surface area contributed by atoms with E-state index in [4.69, 9.17) is 0 Å². The molecule has 1 aromatic carbocycles. The van der Waals surface area contributed by atoms with E-state index >= 15 is 0 Å². The lowest BCUT2D eigenvalue weighted by Gasteiger charge is -2.12. The average Bonchev–Trinajstić information content (AvgIpc) is 2.50. The Labute approximate surface area is 82.1 Å². The minimum atomic E-state index is -0.237. The Morgan fingerprint density at radius 2 is 2.00 bits per heavy atom. The number of halogens is 1. The largest absolute Gasteiger partial charge is 0.355 e. The van der Waals surface area contributed by atoms with Crippen LogP contribution in [0.5, 0.6) is 0 Å². The van der Waals surface area contributed by atoms with Crippen LogP contribution in [0, 0.1) is 11.7 Å². The number of hydrogen-bond donors (Lipinski definition) is 1. The third-order valence-electron chi connectivity index (χ3n) is 2.81. The summed E-state index contributed by atoms with van der Waals surface area (Å²) in [6.07, 6.45) is 0. The van der Waals surface area contributed by atoms with Gasteiger partial charge in [-0.1, -0.05) is 19.1 Å². The molecule has 0 bridgehead atoms. The van der Waals surface area contributed by atoms with E-state index in [-0.39, 0.29) is 23.6 Å². The Bertz CT molecular complexity index is 347. The van der Waals surface area contributed by atoms with E-state index in [1.165, 1.54) is 12.1 Å². The molecule has 2 rings (SSSR count). The highest BCUT2D eigenvalue weighted by Crippen LogP contribution is 2.28. The summed E-state index contributed by atoms with van der Waals surface area (Å²) >= 11 is 0. The zero-order valence-electron chi connectivity index (χ0n) is 7.96. The van der Waals surface area contributed by atoms with Gasteiger partial charge < -0.3 is 5.32 Å². The van der Waals surface area contributed by atoms with Crippen molar-refractivity contribution in [2.24, 2.45) is 5.92 Å². The van der Waals surface area contributed by atoms with Crippen molar-refractivity contribution in [1.82, 2.24) is 5.32 Å². The molecule has 0 radical (unpaired) electrons. The molecule has 1 aromatic rings. The molecule has 0 saturated carbocycles. The SMILES string of the molecule is CC1C(=O)NCC1c1ccc(F)cc1. The highest BCUT2D eigenvalue weighted by Gasteiger charge is 2.31. The van der Waals surface area contributed by atoms with Gasteiger partial charge in [0.05, 0.1) is 0 Å². The third kappa shape index (κ3) is 1.50. The van der Waals surface area contributed by atoms with E-state index < -0.39 is 0 Å². The van der Waals surface area contributed by atoms with Crippen LogP contribution in [-0.2, 0) is 4.79 Å². The van der Waals surface area contributed by atoms with Gasteiger partial charge in [0, 0.05) is 18.4 Å². The van der Waals surface area contributed by atoms with E-state index in [1.54, 1.807) is 12.1 Å². The van der Waals surface area contributed by atoms with Crippen molar-refractivity contribution in [3.05, 3.63) is 35.6 Å². The zero-order chi connectivity index (χ0) is 10.1. The number of carbonyl (C=O) groups is 1. The molecule has 1 aliphatic heterocycles. The molecule has 0 spiro atoms. The first kappa shape index (κ1) is 9.19. The van der Waals surface area contributed by atoms with Crippen LogP contribution in [0.3, 0.4) is 0 Å². The molecule has 14 heavy (non-hydrogen) atoms. The Morgan fingerprint density at radius 3 is 2.50 bits per heavy atom. The summed E-state index contributed by atoms with van der Waals surface area (Å²) in [6, 6.07) is 6.36. The molecule has 2 nitrogen and oxygen atoms in total. The van der Waals surface area contributed by atoms with Gasteiger partial charge in [0.15, 0.2) is 0 Å². The van der Waals surface area contributed by atoms with Gasteiger partial charge in [-0.2, -0.15) is 0 Å². The first-order chi connectivity index (χ1) is 6.68. The normalized spacial score (nSPS) is 26.3. The number of rotatable bonds is 1. The molecule has 0 aromatic heterocycles. The maximum atomic E-state index is 12.7. The molecular formula is C11H12FNO. The zero-order valence-corrected chi connectivity index (χ0v) is 7.96. The molecule has 0 aliphatic carbocycles. The monoisotopic (exact) mass is 193 g/mol. The van der Waals surface area contributed by atoms with Crippen LogP contribution in [0.4, 0.5) is 4.39 Å². The van der Waals surface area contributed by atoms with Crippen LogP contribution >= 0.6 is 0 Å². The quantitative estimate of drug-likeness (QED) is 0.722. The lowest BCUT2D eigenvalue weighted by Crippen LogP contribution is -2.16. The second-order valence-electron chi connectivity index (χ2n) is 3.69. The molecule has 2 atom stereocenters. The average molecular weight is 193 g/mol. The van der Waals surface area contributed by atoms with Crippen LogP contribution in [0.15, 0.2) is 24.3 Å². The summed E-state index contributed by atoms with van der Waals surface area (Å²) in [5.74, 6) is 0.0153. The van der Waals surface area contributed by atoms with Gasteiger partial charge in [-0.15, -0.1) is 0 Å². The molecule has 2 unspecified atom stereocenters. The van der Waals surface area contributed by atoms with Crippen molar-refractivity contribution >= 4 is 5.91 Å². The second-order valence-corrected chi connectivity index (χ2v) is 3.69. The van der Waals surface area contributed by atoms with Crippen LogP contribution in [0.2, 0.25) is 0 Å². The lowest BCUT2D eigenvalue weighted by atomic mass is 9.90. The molecular weight excluding hydrogens is 181 g/mol. The highest BCUT2D eigenvalue weighted by atomic mass is 19.1. The number of carbonyl (C=O) groups excluding carboxylic acids is 1. The molecule has 3 heteroatoms. The fourth-order valence-electron chi connectivity index (χ4n) is 1.85. The first-order valence-corrected chi connectivity index (χ1v) is 4.71. The number of nitrogens with one attached hydrogen (secondary N) is 1. The molecule has 1 fully saturated rings. The van der Waals surface area contributed by atoms with Crippen LogP contribution in [0.1, 0.15) is 18.4 Å². The first-order valence-electron chi connectivity index (χ1n) is 4.71. The summed E-state index contributed by atoms with van der Waals surface area (Å²) in [5.41, 5.74) is 1.03. The molecule has 1 saturated heterocycles. The van der Waals surface area contributed by atoms with Crippen molar-refractivity contribution in [3.63, 3.8) is 0 Å². The molecule has 74 valence electrons.